The molecule has 0 saturated carbocycles. The van der Waals surface area contributed by atoms with Crippen molar-refractivity contribution in [2.75, 3.05) is 20.8 Å². The number of phenolic OH excluding ortho intramolecular Hbond substituents is 1. The van der Waals surface area contributed by atoms with Gasteiger partial charge in [-0.2, -0.15) is 0 Å². The van der Waals surface area contributed by atoms with Crippen molar-refractivity contribution in [3.63, 3.8) is 0 Å². The lowest BCUT2D eigenvalue weighted by Crippen LogP contribution is -2.60. The van der Waals surface area contributed by atoms with Crippen molar-refractivity contribution in [1.82, 2.24) is 0 Å². The third-order valence-corrected chi connectivity index (χ3v) is 5.34. The van der Waals surface area contributed by atoms with Crippen molar-refractivity contribution in [3.8, 4) is 23.0 Å². The minimum absolute atomic E-state index is 0.00412. The molecule has 172 valence electrons. The Hall–Kier alpha value is -3.09. The van der Waals surface area contributed by atoms with Gasteiger partial charge >= 0.3 is 0 Å². The van der Waals surface area contributed by atoms with Crippen LogP contribution >= 0.6 is 0 Å². The summed E-state index contributed by atoms with van der Waals surface area (Å²) in [6.45, 7) is -0.608. The quantitative estimate of drug-likeness (QED) is 0.328. The molecular weight excluding hydrogens is 428 g/mol. The first kappa shape index (κ1) is 22.1. The standard InChI is InChI=1S/C21H22O11/c1-28-12-6-10(23)14-15(24)9-5-8(3-4-11(9)31-20(14)19(12)29-2)30-21-18(27)17(26)16(25)13(7-22)32-21/h3-6,13,16-18,21-23,25-27H,7H2,1-2H3/t13-,16-,17+,18-,21-/m0/s1. The predicted octanol–water partition coefficient (Wildman–Crippen LogP) is -0.152. The molecule has 3 aromatic rings. The van der Waals surface area contributed by atoms with E-state index < -0.39 is 42.7 Å². The van der Waals surface area contributed by atoms with Gasteiger partial charge in [0.05, 0.1) is 26.2 Å². The van der Waals surface area contributed by atoms with E-state index in [0.717, 1.165) is 0 Å². The first-order chi connectivity index (χ1) is 15.3. The fourth-order valence-electron chi connectivity index (χ4n) is 3.66. The Morgan fingerprint density at radius 3 is 2.44 bits per heavy atom. The Kier molecular flexibility index (Phi) is 5.84. The topological polar surface area (TPSA) is 168 Å². The van der Waals surface area contributed by atoms with Crippen LogP contribution in [0.2, 0.25) is 0 Å². The second-order valence-electron chi connectivity index (χ2n) is 7.24. The molecule has 1 saturated heterocycles. The largest absolute Gasteiger partial charge is 0.507 e. The summed E-state index contributed by atoms with van der Waals surface area (Å²) < 4.78 is 27.1. The molecule has 1 aliphatic heterocycles. The van der Waals surface area contributed by atoms with Gasteiger partial charge in [0.2, 0.25) is 17.5 Å². The van der Waals surface area contributed by atoms with Crippen molar-refractivity contribution in [3.05, 3.63) is 34.5 Å². The highest BCUT2D eigenvalue weighted by Gasteiger charge is 2.44. The fourth-order valence-corrected chi connectivity index (χ4v) is 3.66. The molecule has 0 unspecified atom stereocenters. The zero-order valence-electron chi connectivity index (χ0n) is 17.1. The number of ether oxygens (including phenoxy) is 4. The lowest BCUT2D eigenvalue weighted by Gasteiger charge is -2.39. The van der Waals surface area contributed by atoms with Crippen LogP contribution in [0.5, 0.6) is 23.0 Å². The molecule has 0 radical (unpaired) electrons. The monoisotopic (exact) mass is 450 g/mol. The SMILES string of the molecule is COc1cc(O)c2c(=O)c3cc(O[C@H]4O[C@@H](CO)[C@H](O)[C@@H](O)[C@@H]4O)ccc3oc2c1OC. The molecule has 1 fully saturated rings. The maximum atomic E-state index is 13.1. The Morgan fingerprint density at radius 2 is 1.78 bits per heavy atom. The van der Waals surface area contributed by atoms with Crippen molar-refractivity contribution in [1.29, 1.82) is 0 Å². The Labute approximate surface area is 180 Å². The molecule has 0 aliphatic carbocycles. The van der Waals surface area contributed by atoms with Crippen molar-refractivity contribution >= 4 is 21.9 Å². The van der Waals surface area contributed by atoms with Crippen LogP contribution in [0.1, 0.15) is 0 Å². The lowest BCUT2D eigenvalue weighted by atomic mass is 9.99. The molecule has 5 atom stereocenters. The first-order valence-corrected chi connectivity index (χ1v) is 9.62. The Balaban J connectivity index is 1.78. The molecular formula is C21H22O11. The summed E-state index contributed by atoms with van der Waals surface area (Å²) in [7, 11) is 2.75. The Morgan fingerprint density at radius 1 is 1.03 bits per heavy atom. The van der Waals surface area contributed by atoms with E-state index in [9.17, 15) is 30.3 Å². The van der Waals surface area contributed by atoms with Gasteiger partial charge < -0.3 is 48.9 Å². The predicted molar refractivity (Wildman–Crippen MR) is 109 cm³/mol. The highest BCUT2D eigenvalue weighted by Crippen LogP contribution is 2.41. The second-order valence-corrected chi connectivity index (χ2v) is 7.24. The van der Waals surface area contributed by atoms with Crippen LogP contribution in [0, 0.1) is 0 Å². The number of hydrogen-bond donors (Lipinski definition) is 5. The normalized spacial score (nSPS) is 25.8. The van der Waals surface area contributed by atoms with E-state index >= 15 is 0 Å². The molecule has 11 nitrogen and oxygen atoms in total. The second kappa shape index (κ2) is 8.45. The smallest absolute Gasteiger partial charge is 0.229 e. The van der Waals surface area contributed by atoms with E-state index in [1.165, 1.54) is 38.5 Å². The van der Waals surface area contributed by atoms with E-state index in [0.29, 0.717) is 0 Å². The highest BCUT2D eigenvalue weighted by atomic mass is 16.7. The average Bonchev–Trinajstić information content (AvgIpc) is 2.79. The average molecular weight is 450 g/mol. The van der Waals surface area contributed by atoms with Gasteiger partial charge in [-0.1, -0.05) is 0 Å². The van der Waals surface area contributed by atoms with E-state index in [1.807, 2.05) is 0 Å². The summed E-state index contributed by atoms with van der Waals surface area (Å²) in [5, 5.41) is 49.6. The summed E-state index contributed by atoms with van der Waals surface area (Å²) >= 11 is 0. The van der Waals surface area contributed by atoms with Gasteiger partial charge in [0.25, 0.3) is 0 Å². The first-order valence-electron chi connectivity index (χ1n) is 9.62. The maximum absolute atomic E-state index is 13.1. The molecule has 0 bridgehead atoms. The number of fused-ring (bicyclic) bond motifs is 2. The molecule has 2 aromatic carbocycles. The molecule has 0 spiro atoms. The minimum atomic E-state index is -1.61. The maximum Gasteiger partial charge on any atom is 0.229 e. The third-order valence-electron chi connectivity index (χ3n) is 5.34. The summed E-state index contributed by atoms with van der Waals surface area (Å²) in [5.41, 5.74) is -0.405. The van der Waals surface area contributed by atoms with Crippen LogP contribution in [0.3, 0.4) is 0 Å². The number of hydrogen-bond acceptors (Lipinski definition) is 11. The van der Waals surface area contributed by atoms with E-state index in [-0.39, 0.29) is 44.9 Å². The number of phenols is 1. The van der Waals surface area contributed by atoms with Crippen LogP contribution in [0.15, 0.2) is 33.5 Å². The van der Waals surface area contributed by atoms with E-state index in [2.05, 4.69) is 0 Å². The molecule has 4 rings (SSSR count). The van der Waals surface area contributed by atoms with Gasteiger partial charge in [-0.15, -0.1) is 0 Å². The van der Waals surface area contributed by atoms with Gasteiger partial charge in [0.1, 0.15) is 46.9 Å². The number of aliphatic hydroxyl groups excluding tert-OH is 4. The van der Waals surface area contributed by atoms with Crippen LogP contribution in [-0.4, -0.2) is 77.1 Å². The molecule has 32 heavy (non-hydrogen) atoms. The van der Waals surface area contributed by atoms with E-state index in [1.54, 1.807) is 0 Å². The molecule has 0 amide bonds. The van der Waals surface area contributed by atoms with Gasteiger partial charge in [-0.3, -0.25) is 4.79 Å². The van der Waals surface area contributed by atoms with Crippen LogP contribution < -0.4 is 19.6 Å². The number of aliphatic hydroxyl groups is 4. The number of aromatic hydroxyl groups is 1. The van der Waals surface area contributed by atoms with Crippen LogP contribution in [-0.2, 0) is 4.74 Å². The van der Waals surface area contributed by atoms with Crippen LogP contribution in [0.25, 0.3) is 21.9 Å². The minimum Gasteiger partial charge on any atom is -0.507 e. The van der Waals surface area contributed by atoms with E-state index in [4.69, 9.17) is 23.4 Å². The number of benzene rings is 2. The van der Waals surface area contributed by atoms with Crippen LogP contribution in [0.4, 0.5) is 0 Å². The van der Waals surface area contributed by atoms with Crippen molar-refractivity contribution < 1.29 is 48.9 Å². The Bertz CT molecular complexity index is 1200. The van der Waals surface area contributed by atoms with Gasteiger partial charge in [0.15, 0.2) is 11.3 Å². The van der Waals surface area contributed by atoms with Crippen molar-refractivity contribution in [2.24, 2.45) is 0 Å². The molecule has 1 aromatic heterocycles. The molecule has 5 N–H and O–H groups in total. The number of rotatable bonds is 5. The van der Waals surface area contributed by atoms with Crippen molar-refractivity contribution in [2.45, 2.75) is 30.7 Å². The lowest BCUT2D eigenvalue weighted by molar-refractivity contribution is -0.277. The number of methoxy groups -OCH3 is 2. The summed E-state index contributed by atoms with van der Waals surface area (Å²) in [6.07, 6.45) is -7.32. The zero-order chi connectivity index (χ0) is 23.2. The summed E-state index contributed by atoms with van der Waals surface area (Å²) in [6, 6.07) is 5.42. The summed E-state index contributed by atoms with van der Waals surface area (Å²) in [4.78, 5) is 13.1. The van der Waals surface area contributed by atoms with Gasteiger partial charge in [0, 0.05) is 6.07 Å². The third kappa shape index (κ3) is 3.49. The molecule has 1 aliphatic rings. The fraction of sp³-hybridized carbons (Fsp3) is 0.381. The highest BCUT2D eigenvalue weighted by molar-refractivity contribution is 5.97. The van der Waals surface area contributed by atoms with Gasteiger partial charge in [-0.25, -0.2) is 0 Å². The molecule has 11 heteroatoms. The van der Waals surface area contributed by atoms with Gasteiger partial charge in [-0.05, 0) is 18.2 Å². The summed E-state index contributed by atoms with van der Waals surface area (Å²) in [5.74, 6) is 0.0329. The zero-order valence-corrected chi connectivity index (χ0v) is 17.1. The molecule has 2 heterocycles.